The van der Waals surface area contributed by atoms with Crippen LogP contribution in [0, 0.1) is 6.92 Å². The van der Waals surface area contributed by atoms with Crippen molar-refractivity contribution in [3.8, 4) is 5.75 Å². The molecule has 2 rings (SSSR count). The van der Waals surface area contributed by atoms with Crippen molar-refractivity contribution in [2.24, 2.45) is 0 Å². The van der Waals surface area contributed by atoms with Gasteiger partial charge in [0.05, 0.1) is 17.7 Å². The summed E-state index contributed by atoms with van der Waals surface area (Å²) in [7, 11) is -2.26. The zero-order valence-corrected chi connectivity index (χ0v) is 16.4. The van der Waals surface area contributed by atoms with Crippen LogP contribution < -0.4 is 14.8 Å². The highest BCUT2D eigenvalue weighted by atomic mass is 32.2. The number of methoxy groups -OCH3 is 1. The molecule has 140 valence electrons. The van der Waals surface area contributed by atoms with Crippen molar-refractivity contribution in [2.45, 2.75) is 38.1 Å². The first-order valence-corrected chi connectivity index (χ1v) is 9.60. The van der Waals surface area contributed by atoms with Gasteiger partial charge in [0.2, 0.25) is 0 Å². The predicted molar refractivity (Wildman–Crippen MR) is 102 cm³/mol. The Morgan fingerprint density at radius 2 is 1.65 bits per heavy atom. The lowest BCUT2D eigenvalue weighted by Crippen LogP contribution is -2.40. The van der Waals surface area contributed by atoms with Crippen molar-refractivity contribution in [3.63, 3.8) is 0 Å². The Kier molecular flexibility index (Phi) is 5.61. The number of hydrogen-bond donors (Lipinski definition) is 2. The lowest BCUT2D eigenvalue weighted by Gasteiger charge is -2.21. The van der Waals surface area contributed by atoms with Gasteiger partial charge < -0.3 is 10.1 Å². The maximum atomic E-state index is 12.6. The molecule has 0 aromatic heterocycles. The fourth-order valence-electron chi connectivity index (χ4n) is 2.24. The standard InChI is InChI=1S/C19H24N2O4S/c1-13-6-7-14(18(22)20-19(2,3)4)12-17(13)21-26(23,24)16-10-8-15(25-5)9-11-16/h6-12,21H,1-5H3,(H,20,22). The molecule has 7 heteroatoms. The smallest absolute Gasteiger partial charge is 0.261 e. The summed E-state index contributed by atoms with van der Waals surface area (Å²) in [5.41, 5.74) is 1.08. The van der Waals surface area contributed by atoms with Crippen molar-refractivity contribution in [1.82, 2.24) is 5.32 Å². The molecule has 0 aliphatic carbocycles. The van der Waals surface area contributed by atoms with Crippen LogP contribution in [-0.4, -0.2) is 27.0 Å². The predicted octanol–water partition coefficient (Wildman–Crippen LogP) is 3.33. The van der Waals surface area contributed by atoms with E-state index in [0.717, 1.165) is 5.56 Å². The molecule has 0 saturated carbocycles. The van der Waals surface area contributed by atoms with Crippen molar-refractivity contribution in [1.29, 1.82) is 0 Å². The molecule has 0 atom stereocenters. The minimum atomic E-state index is -3.78. The topological polar surface area (TPSA) is 84.5 Å². The van der Waals surface area contributed by atoms with Crippen LogP contribution in [0.15, 0.2) is 47.4 Å². The highest BCUT2D eigenvalue weighted by Gasteiger charge is 2.19. The summed E-state index contributed by atoms with van der Waals surface area (Å²) < 4.78 is 32.8. The van der Waals surface area contributed by atoms with Gasteiger partial charge in [0.25, 0.3) is 15.9 Å². The Morgan fingerprint density at radius 3 is 2.19 bits per heavy atom. The second kappa shape index (κ2) is 7.37. The van der Waals surface area contributed by atoms with Gasteiger partial charge in [-0.1, -0.05) is 6.07 Å². The molecule has 0 fully saturated rings. The molecule has 26 heavy (non-hydrogen) atoms. The van der Waals surface area contributed by atoms with Gasteiger partial charge >= 0.3 is 0 Å². The van der Waals surface area contributed by atoms with E-state index in [2.05, 4.69) is 10.0 Å². The Bertz CT molecular complexity index is 898. The van der Waals surface area contributed by atoms with Crippen LogP contribution in [0.5, 0.6) is 5.75 Å². The molecule has 0 radical (unpaired) electrons. The van der Waals surface area contributed by atoms with Gasteiger partial charge in [-0.15, -0.1) is 0 Å². The summed E-state index contributed by atoms with van der Waals surface area (Å²) >= 11 is 0. The quantitative estimate of drug-likeness (QED) is 0.838. The van der Waals surface area contributed by atoms with Gasteiger partial charge in [-0.2, -0.15) is 0 Å². The van der Waals surface area contributed by atoms with E-state index in [1.54, 1.807) is 31.2 Å². The minimum Gasteiger partial charge on any atom is -0.497 e. The van der Waals surface area contributed by atoms with E-state index < -0.39 is 10.0 Å². The molecule has 0 aliphatic heterocycles. The summed E-state index contributed by atoms with van der Waals surface area (Å²) in [4.78, 5) is 12.4. The molecule has 2 aromatic carbocycles. The molecule has 0 saturated heterocycles. The monoisotopic (exact) mass is 376 g/mol. The van der Waals surface area contributed by atoms with E-state index in [0.29, 0.717) is 17.0 Å². The maximum Gasteiger partial charge on any atom is 0.261 e. The molecular weight excluding hydrogens is 352 g/mol. The van der Waals surface area contributed by atoms with Gasteiger partial charge in [-0.05, 0) is 69.7 Å². The summed E-state index contributed by atoms with van der Waals surface area (Å²) in [6, 6.07) is 11.0. The first-order valence-electron chi connectivity index (χ1n) is 8.12. The van der Waals surface area contributed by atoms with E-state index in [1.165, 1.54) is 25.3 Å². The summed E-state index contributed by atoms with van der Waals surface area (Å²) in [5, 5.41) is 2.86. The molecule has 2 aromatic rings. The van der Waals surface area contributed by atoms with Crippen LogP contribution in [0.2, 0.25) is 0 Å². The number of ether oxygens (including phenoxy) is 1. The molecule has 2 N–H and O–H groups in total. The van der Waals surface area contributed by atoms with Gasteiger partial charge in [0, 0.05) is 11.1 Å². The third-order valence-electron chi connectivity index (χ3n) is 3.60. The van der Waals surface area contributed by atoms with Gasteiger partial charge in [0.15, 0.2) is 0 Å². The normalized spacial score (nSPS) is 11.7. The first-order chi connectivity index (χ1) is 12.0. The number of sulfonamides is 1. The Morgan fingerprint density at radius 1 is 1.04 bits per heavy atom. The number of rotatable bonds is 5. The zero-order valence-electron chi connectivity index (χ0n) is 15.6. The number of amides is 1. The molecule has 0 aliphatic rings. The highest BCUT2D eigenvalue weighted by molar-refractivity contribution is 7.92. The number of benzene rings is 2. The van der Waals surface area contributed by atoms with Gasteiger partial charge in [-0.3, -0.25) is 9.52 Å². The van der Waals surface area contributed by atoms with Crippen molar-refractivity contribution in [2.75, 3.05) is 11.8 Å². The van der Waals surface area contributed by atoms with E-state index in [9.17, 15) is 13.2 Å². The first kappa shape index (κ1) is 19.8. The fourth-order valence-corrected chi connectivity index (χ4v) is 3.37. The Hall–Kier alpha value is -2.54. The molecule has 0 spiro atoms. The van der Waals surface area contributed by atoms with Crippen LogP contribution >= 0.6 is 0 Å². The van der Waals surface area contributed by atoms with Gasteiger partial charge in [-0.25, -0.2) is 8.42 Å². The van der Waals surface area contributed by atoms with E-state index in [4.69, 9.17) is 4.74 Å². The molecule has 0 heterocycles. The third kappa shape index (κ3) is 4.98. The minimum absolute atomic E-state index is 0.113. The van der Waals surface area contributed by atoms with Crippen molar-refractivity contribution in [3.05, 3.63) is 53.6 Å². The van der Waals surface area contributed by atoms with E-state index >= 15 is 0 Å². The van der Waals surface area contributed by atoms with Crippen LogP contribution in [0.25, 0.3) is 0 Å². The summed E-state index contributed by atoms with van der Waals surface area (Å²) in [5.74, 6) is 0.309. The zero-order chi connectivity index (χ0) is 19.5. The average molecular weight is 376 g/mol. The number of aryl methyl sites for hydroxylation is 1. The lowest BCUT2D eigenvalue weighted by molar-refractivity contribution is 0.0919. The van der Waals surface area contributed by atoms with Crippen LogP contribution in [0.1, 0.15) is 36.7 Å². The van der Waals surface area contributed by atoms with Crippen LogP contribution in [0.3, 0.4) is 0 Å². The summed E-state index contributed by atoms with van der Waals surface area (Å²) in [6.45, 7) is 7.42. The largest absolute Gasteiger partial charge is 0.497 e. The van der Waals surface area contributed by atoms with Crippen LogP contribution in [-0.2, 0) is 10.0 Å². The van der Waals surface area contributed by atoms with E-state index in [1.807, 2.05) is 20.8 Å². The molecular formula is C19H24N2O4S. The lowest BCUT2D eigenvalue weighted by atomic mass is 10.1. The second-order valence-corrected chi connectivity index (χ2v) is 8.70. The van der Waals surface area contributed by atoms with Crippen molar-refractivity contribution >= 4 is 21.6 Å². The Balaban J connectivity index is 2.30. The molecule has 1 amide bonds. The number of nitrogens with one attached hydrogen (secondary N) is 2. The fraction of sp³-hybridized carbons (Fsp3) is 0.316. The van der Waals surface area contributed by atoms with E-state index in [-0.39, 0.29) is 16.3 Å². The third-order valence-corrected chi connectivity index (χ3v) is 4.98. The number of anilines is 1. The molecule has 6 nitrogen and oxygen atoms in total. The van der Waals surface area contributed by atoms with Crippen molar-refractivity contribution < 1.29 is 17.9 Å². The number of carbonyl (C=O) groups excluding carboxylic acids is 1. The highest BCUT2D eigenvalue weighted by Crippen LogP contribution is 2.23. The van der Waals surface area contributed by atoms with Crippen LogP contribution in [0.4, 0.5) is 5.69 Å². The average Bonchev–Trinajstić information content (AvgIpc) is 2.55. The maximum absolute atomic E-state index is 12.6. The van der Waals surface area contributed by atoms with Gasteiger partial charge in [0.1, 0.15) is 5.75 Å². The SMILES string of the molecule is COc1ccc(S(=O)(=O)Nc2cc(C(=O)NC(C)(C)C)ccc2C)cc1. The molecule has 0 bridgehead atoms. The summed E-state index contributed by atoms with van der Waals surface area (Å²) in [6.07, 6.45) is 0. The second-order valence-electron chi connectivity index (χ2n) is 7.01. The Labute approximate surface area is 154 Å². The number of hydrogen-bond acceptors (Lipinski definition) is 4. The number of carbonyl (C=O) groups is 1. The molecule has 0 unspecified atom stereocenters.